The molecule has 0 aliphatic carbocycles. The summed E-state index contributed by atoms with van der Waals surface area (Å²) in [5.74, 6) is 0. The van der Waals surface area contributed by atoms with Crippen molar-refractivity contribution in [3.05, 3.63) is 23.0 Å². The number of hydrogen-bond donors (Lipinski definition) is 0. The molecule has 32 valence electrons. The van der Waals surface area contributed by atoms with Gasteiger partial charge in [-0.05, 0) is 6.42 Å². The van der Waals surface area contributed by atoms with Crippen LogP contribution in [0.5, 0.6) is 0 Å². The van der Waals surface area contributed by atoms with Crippen LogP contribution in [0.15, 0.2) is 17.6 Å². The molecule has 0 atom stereocenters. The van der Waals surface area contributed by atoms with Crippen molar-refractivity contribution >= 4 is 11.8 Å². The summed E-state index contributed by atoms with van der Waals surface area (Å²) in [6.07, 6.45) is 5.19. The monoisotopic (exact) mass is 104 g/mol. The zero-order valence-electron chi connectivity index (χ0n) is 4.35. The molecule has 1 aliphatic heterocycles. The number of thioether (sulfide) groups is 1. The first-order valence-electron chi connectivity index (χ1n) is 1.88. The Labute approximate surface area is 60.2 Å². The fourth-order valence-corrected chi connectivity index (χ4v) is 0.786. The summed E-state index contributed by atoms with van der Waals surface area (Å²) >= 11 is 1.61. The second-order valence-corrected chi connectivity index (χ2v) is 1.79. The van der Waals surface area contributed by atoms with Crippen molar-refractivity contribution in [3.8, 4) is 0 Å². The molecule has 1 heterocycles. The third-order valence-corrected chi connectivity index (χ3v) is 1.20. The minimum Gasteiger partial charge on any atom is -0.432 e. The first-order chi connectivity index (χ1) is 3.00. The maximum absolute atomic E-state index is 2.99. The maximum Gasteiger partial charge on any atom is 1.00 e. The van der Waals surface area contributed by atoms with Gasteiger partial charge in [0, 0.05) is 0 Å². The van der Waals surface area contributed by atoms with Gasteiger partial charge in [-0.15, -0.1) is 0 Å². The van der Waals surface area contributed by atoms with Gasteiger partial charge in [-0.25, -0.2) is 0 Å². The molecule has 7 heavy (non-hydrogen) atoms. The smallest absolute Gasteiger partial charge is 0.432 e. The van der Waals surface area contributed by atoms with Gasteiger partial charge in [0.15, 0.2) is 0 Å². The first-order valence-corrected chi connectivity index (χ1v) is 2.76. The molecule has 0 nitrogen and oxygen atoms in total. The Hall–Kier alpha value is 0.427. The van der Waals surface area contributed by atoms with E-state index in [1.807, 2.05) is 11.5 Å². The van der Waals surface area contributed by atoms with Crippen LogP contribution < -0.4 is 18.9 Å². The third kappa shape index (κ3) is 3.05. The van der Waals surface area contributed by atoms with Crippen molar-refractivity contribution in [3.63, 3.8) is 0 Å². The summed E-state index contributed by atoms with van der Waals surface area (Å²) < 4.78 is 0. The van der Waals surface area contributed by atoms with Crippen LogP contribution in [0.25, 0.3) is 0 Å². The molecule has 0 unspecified atom stereocenters. The van der Waals surface area contributed by atoms with Crippen LogP contribution in [0.1, 0.15) is 6.42 Å². The van der Waals surface area contributed by atoms with Crippen molar-refractivity contribution < 1.29 is 18.9 Å². The Morgan fingerprint density at radius 2 is 2.43 bits per heavy atom. The van der Waals surface area contributed by atoms with E-state index in [-0.39, 0.29) is 18.9 Å². The molecule has 0 saturated heterocycles. The molecule has 0 saturated carbocycles. The Balaban J connectivity index is 0.000000360. The molecule has 0 bridgehead atoms. The molecule has 0 fully saturated rings. The van der Waals surface area contributed by atoms with E-state index in [4.69, 9.17) is 0 Å². The fraction of sp³-hybridized carbons (Fsp3) is 0.200. The number of allylic oxidation sites excluding steroid dienone is 2. The molecule has 0 amide bonds. The van der Waals surface area contributed by atoms with Gasteiger partial charge in [0.2, 0.25) is 0 Å². The predicted octanol–water partition coefficient (Wildman–Crippen LogP) is -1.04. The van der Waals surface area contributed by atoms with E-state index >= 15 is 0 Å². The molecule has 0 N–H and O–H groups in total. The van der Waals surface area contributed by atoms with Gasteiger partial charge in [0.05, 0.1) is 0 Å². The molecule has 2 heteroatoms. The predicted molar refractivity (Wildman–Crippen MR) is 29.2 cm³/mol. The van der Waals surface area contributed by atoms with E-state index in [1.54, 1.807) is 11.8 Å². The van der Waals surface area contributed by atoms with Crippen molar-refractivity contribution in [2.24, 2.45) is 0 Å². The van der Waals surface area contributed by atoms with Crippen LogP contribution in [0.2, 0.25) is 0 Å². The van der Waals surface area contributed by atoms with Gasteiger partial charge < -0.3 is 17.2 Å². The van der Waals surface area contributed by atoms with Crippen LogP contribution in [0.3, 0.4) is 0 Å². The van der Waals surface area contributed by atoms with Crippen LogP contribution >= 0.6 is 11.8 Å². The van der Waals surface area contributed by atoms with Crippen molar-refractivity contribution in [1.29, 1.82) is 0 Å². The van der Waals surface area contributed by atoms with Gasteiger partial charge in [0.1, 0.15) is 0 Å². The van der Waals surface area contributed by atoms with E-state index in [2.05, 4.69) is 11.5 Å². The molecule has 1 aliphatic rings. The van der Waals surface area contributed by atoms with Gasteiger partial charge in [-0.2, -0.15) is 0 Å². The van der Waals surface area contributed by atoms with E-state index < -0.39 is 0 Å². The molecule has 0 spiro atoms. The van der Waals surface area contributed by atoms with E-state index in [1.165, 1.54) is 0 Å². The summed E-state index contributed by atoms with van der Waals surface area (Å²) in [6.45, 7) is 0. The molecular formula is C5H5LiS. The topological polar surface area (TPSA) is 0 Å². The molecule has 0 aromatic rings. The van der Waals surface area contributed by atoms with E-state index in [9.17, 15) is 0 Å². The normalized spacial score (nSPS) is 16.0. The zero-order valence-corrected chi connectivity index (χ0v) is 5.16. The van der Waals surface area contributed by atoms with Crippen LogP contribution in [-0.4, -0.2) is 0 Å². The third-order valence-electron chi connectivity index (χ3n) is 0.570. The second-order valence-electron chi connectivity index (χ2n) is 1.05. The minimum absolute atomic E-state index is 0. The summed E-state index contributed by atoms with van der Waals surface area (Å²) in [6, 6.07) is 0. The van der Waals surface area contributed by atoms with Gasteiger partial charge >= 0.3 is 18.9 Å². The van der Waals surface area contributed by atoms with Crippen molar-refractivity contribution in [2.45, 2.75) is 6.42 Å². The Kier molecular flexibility index (Phi) is 4.86. The summed E-state index contributed by atoms with van der Waals surface area (Å²) in [7, 11) is 0. The van der Waals surface area contributed by atoms with Crippen molar-refractivity contribution in [2.75, 3.05) is 0 Å². The Morgan fingerprint density at radius 1 is 1.57 bits per heavy atom. The Bertz CT molecular complexity index is 66.1. The maximum atomic E-state index is 2.99. The van der Waals surface area contributed by atoms with Crippen LogP contribution in [-0.2, 0) is 0 Å². The van der Waals surface area contributed by atoms with E-state index in [0.29, 0.717) is 0 Å². The standard InChI is InChI=1S/C5H5S.Li/c1-2-4-6-5-3-1;/h2-4H,1H2;/q-1;+1. The van der Waals surface area contributed by atoms with Gasteiger partial charge in [-0.3, -0.25) is 6.08 Å². The average molecular weight is 104 g/mol. The second kappa shape index (κ2) is 4.58. The molecule has 0 radical (unpaired) electrons. The number of rotatable bonds is 0. The average Bonchev–Trinajstić information content (AvgIpc) is 1.72. The van der Waals surface area contributed by atoms with Gasteiger partial charge in [0.25, 0.3) is 0 Å². The molecular weight excluding hydrogens is 99.1 g/mol. The van der Waals surface area contributed by atoms with Crippen LogP contribution in [0, 0.1) is 5.41 Å². The molecule has 1 rings (SSSR count). The Morgan fingerprint density at radius 3 is 2.57 bits per heavy atom. The largest absolute Gasteiger partial charge is 1.00 e. The zero-order chi connectivity index (χ0) is 4.24. The summed E-state index contributed by atoms with van der Waals surface area (Å²) in [5, 5.41) is 5.03. The minimum atomic E-state index is 0. The molecule has 0 aromatic heterocycles. The fourth-order valence-electron chi connectivity index (χ4n) is 0.307. The first kappa shape index (κ1) is 7.43. The van der Waals surface area contributed by atoms with Gasteiger partial charge in [-0.1, -0.05) is 11.5 Å². The quantitative estimate of drug-likeness (QED) is 0.279. The summed E-state index contributed by atoms with van der Waals surface area (Å²) in [5.41, 5.74) is 0. The summed E-state index contributed by atoms with van der Waals surface area (Å²) in [4.78, 5) is 0. The van der Waals surface area contributed by atoms with Crippen LogP contribution in [0.4, 0.5) is 0 Å². The van der Waals surface area contributed by atoms with Crippen molar-refractivity contribution in [1.82, 2.24) is 0 Å². The molecule has 0 aromatic carbocycles. The van der Waals surface area contributed by atoms with E-state index in [0.717, 1.165) is 6.42 Å². The SMILES string of the molecule is [C-]1=CCC=CS1.[Li+]. The number of hydrogen-bond acceptors (Lipinski definition) is 1.